The zero-order valence-corrected chi connectivity index (χ0v) is 21.8. The summed E-state index contributed by atoms with van der Waals surface area (Å²) in [6, 6.07) is 7.60. The van der Waals surface area contributed by atoms with Crippen LogP contribution >= 0.6 is 7.75 Å². The van der Waals surface area contributed by atoms with Crippen molar-refractivity contribution >= 4 is 31.2 Å². The van der Waals surface area contributed by atoms with Gasteiger partial charge >= 0.3 is 13.7 Å². The molecule has 3 rings (SSSR count). The molecule has 5 atom stereocenters. The third-order valence-corrected chi connectivity index (χ3v) is 7.06. The predicted molar refractivity (Wildman–Crippen MR) is 134 cm³/mol. The van der Waals surface area contributed by atoms with Crippen LogP contribution in [-0.2, 0) is 23.4 Å². The first kappa shape index (κ1) is 27.5. The zero-order chi connectivity index (χ0) is 26.3. The summed E-state index contributed by atoms with van der Waals surface area (Å²) in [6.45, 7) is 3.45. The molecule has 0 bridgehead atoms. The van der Waals surface area contributed by atoms with E-state index >= 15 is 0 Å². The van der Waals surface area contributed by atoms with Gasteiger partial charge in [-0.25, -0.2) is 4.57 Å². The number of ether oxygens (including phenoxy) is 3. The molecule has 0 saturated carbocycles. The van der Waals surface area contributed by atoms with Crippen molar-refractivity contribution in [3.8, 4) is 11.6 Å². The lowest BCUT2D eigenvalue weighted by atomic mass is 10.1. The Kier molecular flexibility index (Phi) is 9.32. The highest BCUT2D eigenvalue weighted by molar-refractivity contribution is 7.52. The molecule has 1 saturated heterocycles. The SMILES string of the molecule is CNc1c(N[C@@H]2O[C@H](COP(=O)(N[C@@H](C)C(=O)OC)Oc3ccccc3)CC2C)nc(N)nc1OC. The molecule has 13 nitrogen and oxygen atoms in total. The number of para-hydroxylation sites is 1. The number of nitrogen functional groups attached to an aromatic ring is 1. The smallest absolute Gasteiger partial charge is 0.459 e. The van der Waals surface area contributed by atoms with Gasteiger partial charge in [0, 0.05) is 13.0 Å². The van der Waals surface area contributed by atoms with E-state index in [0.29, 0.717) is 29.6 Å². The monoisotopic (exact) mass is 524 g/mol. The molecule has 0 aliphatic carbocycles. The molecule has 0 amide bonds. The maximum Gasteiger partial charge on any atom is 0.459 e. The van der Waals surface area contributed by atoms with E-state index in [1.54, 1.807) is 37.4 Å². The Hall–Kier alpha value is -3.12. The Balaban J connectivity index is 1.69. The fourth-order valence-corrected chi connectivity index (χ4v) is 5.17. The van der Waals surface area contributed by atoms with Gasteiger partial charge in [0.25, 0.3) is 0 Å². The number of carbonyl (C=O) groups is 1. The van der Waals surface area contributed by atoms with Crippen LogP contribution < -0.4 is 30.7 Å². The van der Waals surface area contributed by atoms with Crippen LogP contribution in [0.3, 0.4) is 0 Å². The third-order valence-electron chi connectivity index (χ3n) is 5.41. The first-order chi connectivity index (χ1) is 17.2. The average Bonchev–Trinajstić information content (AvgIpc) is 3.21. The van der Waals surface area contributed by atoms with Gasteiger partial charge in [-0.1, -0.05) is 25.1 Å². The fraction of sp³-hybridized carbons (Fsp3) is 0.500. The van der Waals surface area contributed by atoms with Gasteiger partial charge in [-0.15, -0.1) is 0 Å². The molecule has 198 valence electrons. The van der Waals surface area contributed by atoms with Crippen LogP contribution in [0, 0.1) is 5.92 Å². The molecule has 0 radical (unpaired) electrons. The van der Waals surface area contributed by atoms with Crippen molar-refractivity contribution in [3.63, 3.8) is 0 Å². The van der Waals surface area contributed by atoms with E-state index in [0.717, 1.165) is 0 Å². The lowest BCUT2D eigenvalue weighted by molar-refractivity contribution is -0.142. The summed E-state index contributed by atoms with van der Waals surface area (Å²) < 4.78 is 41.0. The lowest BCUT2D eigenvalue weighted by Gasteiger charge is -2.24. The summed E-state index contributed by atoms with van der Waals surface area (Å²) in [5.74, 6) is 0.520. The summed E-state index contributed by atoms with van der Waals surface area (Å²) >= 11 is 0. The van der Waals surface area contributed by atoms with Gasteiger partial charge in [-0.3, -0.25) is 9.32 Å². The van der Waals surface area contributed by atoms with Gasteiger partial charge in [-0.2, -0.15) is 15.1 Å². The lowest BCUT2D eigenvalue weighted by Crippen LogP contribution is -2.35. The van der Waals surface area contributed by atoms with Crippen molar-refractivity contribution < 1.29 is 32.6 Å². The number of hydrogen-bond donors (Lipinski definition) is 4. The number of nitrogens with two attached hydrogens (primary N) is 1. The van der Waals surface area contributed by atoms with Crippen molar-refractivity contribution in [1.82, 2.24) is 15.1 Å². The summed E-state index contributed by atoms with van der Waals surface area (Å²) in [5.41, 5.74) is 6.34. The van der Waals surface area contributed by atoms with Gasteiger partial charge < -0.3 is 35.1 Å². The van der Waals surface area contributed by atoms with E-state index in [1.807, 2.05) is 6.92 Å². The number of rotatable bonds is 12. The van der Waals surface area contributed by atoms with E-state index in [-0.39, 0.29) is 18.5 Å². The summed E-state index contributed by atoms with van der Waals surface area (Å²) in [4.78, 5) is 20.2. The molecule has 2 unspecified atom stereocenters. The van der Waals surface area contributed by atoms with Gasteiger partial charge in [0.15, 0.2) is 5.82 Å². The minimum Gasteiger partial charge on any atom is -0.479 e. The Labute approximate surface area is 210 Å². The van der Waals surface area contributed by atoms with Crippen LogP contribution in [-0.4, -0.2) is 62.2 Å². The van der Waals surface area contributed by atoms with Crippen molar-refractivity contribution in [2.45, 2.75) is 38.6 Å². The number of methoxy groups -OCH3 is 2. The minimum absolute atomic E-state index is 0.0434. The molecular weight excluding hydrogens is 491 g/mol. The largest absolute Gasteiger partial charge is 0.479 e. The number of nitrogens with zero attached hydrogens (tertiary/aromatic N) is 2. The molecule has 0 spiro atoms. The third kappa shape index (κ3) is 6.97. The molecule has 1 aliphatic heterocycles. The Morgan fingerprint density at radius 3 is 2.64 bits per heavy atom. The minimum atomic E-state index is -3.97. The summed E-state index contributed by atoms with van der Waals surface area (Å²) in [7, 11) is 0.472. The van der Waals surface area contributed by atoms with Crippen molar-refractivity contribution in [2.75, 3.05) is 44.2 Å². The molecule has 14 heteroatoms. The number of nitrogens with one attached hydrogen (secondary N) is 3. The highest BCUT2D eigenvalue weighted by atomic mass is 31.2. The molecule has 1 aromatic heterocycles. The number of benzene rings is 1. The molecule has 2 aromatic rings. The first-order valence-electron chi connectivity index (χ1n) is 11.3. The van der Waals surface area contributed by atoms with Crippen molar-refractivity contribution in [3.05, 3.63) is 30.3 Å². The predicted octanol–water partition coefficient (Wildman–Crippen LogP) is 2.63. The van der Waals surface area contributed by atoms with Crippen molar-refractivity contribution in [1.29, 1.82) is 0 Å². The molecule has 5 N–H and O–H groups in total. The van der Waals surface area contributed by atoms with Crippen molar-refractivity contribution in [2.24, 2.45) is 5.92 Å². The van der Waals surface area contributed by atoms with E-state index in [4.69, 9.17) is 29.0 Å². The van der Waals surface area contributed by atoms with E-state index in [1.165, 1.54) is 21.1 Å². The molecule has 1 aliphatic rings. The van der Waals surface area contributed by atoms with Crippen LogP contribution in [0.15, 0.2) is 30.3 Å². The topological polar surface area (TPSA) is 168 Å². The van der Waals surface area contributed by atoms with Gasteiger partial charge in [0.05, 0.1) is 26.9 Å². The molecule has 2 heterocycles. The Morgan fingerprint density at radius 1 is 1.28 bits per heavy atom. The van der Waals surface area contributed by atoms with E-state index in [9.17, 15) is 9.36 Å². The molecule has 1 fully saturated rings. The molecule has 1 aromatic carbocycles. The maximum atomic E-state index is 13.5. The fourth-order valence-electron chi connectivity index (χ4n) is 3.65. The quantitative estimate of drug-likeness (QED) is 0.236. The number of aromatic nitrogens is 2. The Bertz CT molecular complexity index is 1080. The second-order valence-electron chi connectivity index (χ2n) is 8.17. The number of esters is 1. The second-order valence-corrected chi connectivity index (χ2v) is 9.87. The molecule has 36 heavy (non-hydrogen) atoms. The van der Waals surface area contributed by atoms with E-state index < -0.39 is 32.1 Å². The molecular formula is C22H33N6O7P. The van der Waals surface area contributed by atoms with Gasteiger partial charge in [-0.05, 0) is 25.5 Å². The number of hydrogen-bond acceptors (Lipinski definition) is 12. The average molecular weight is 525 g/mol. The maximum absolute atomic E-state index is 13.5. The highest BCUT2D eigenvalue weighted by Gasteiger charge is 2.37. The standard InChI is InChI=1S/C22H33N6O7P/c1-13-11-16(34-19(13)25-18-17(24-3)20(31-4)27-22(23)26-18)12-33-36(30,28-14(2)21(29)32-5)35-15-9-7-6-8-10-15/h6-10,13-14,16,19,24H,11-12H2,1-5H3,(H,28,30)(H3,23,25,26,27)/t13?,14-,16-,19+,36?/m0/s1. The van der Waals surface area contributed by atoms with Crippen LogP contribution in [0.25, 0.3) is 0 Å². The van der Waals surface area contributed by atoms with Crippen LogP contribution in [0.1, 0.15) is 20.3 Å². The van der Waals surface area contributed by atoms with Gasteiger partial charge in [0.1, 0.15) is 23.7 Å². The van der Waals surface area contributed by atoms with Crippen LogP contribution in [0.2, 0.25) is 0 Å². The van der Waals surface area contributed by atoms with Crippen LogP contribution in [0.5, 0.6) is 11.6 Å². The highest BCUT2D eigenvalue weighted by Crippen LogP contribution is 2.46. The first-order valence-corrected chi connectivity index (χ1v) is 12.9. The zero-order valence-electron chi connectivity index (χ0n) is 20.9. The second kappa shape index (κ2) is 12.2. The summed E-state index contributed by atoms with van der Waals surface area (Å²) in [5, 5.41) is 8.84. The van der Waals surface area contributed by atoms with Gasteiger partial charge in [0.2, 0.25) is 11.8 Å². The number of carbonyl (C=O) groups excluding carboxylic acids is 1. The van der Waals surface area contributed by atoms with Crippen LogP contribution in [0.4, 0.5) is 17.5 Å². The Morgan fingerprint density at radius 2 is 2.00 bits per heavy atom. The normalized spacial score (nSPS) is 21.8. The summed E-state index contributed by atoms with van der Waals surface area (Å²) in [6.07, 6.45) is -0.261. The number of anilines is 3. The van der Waals surface area contributed by atoms with E-state index in [2.05, 4.69) is 25.7 Å².